The summed E-state index contributed by atoms with van der Waals surface area (Å²) in [6.07, 6.45) is 0. The molecule has 2 heterocycles. The van der Waals surface area contributed by atoms with Crippen molar-refractivity contribution in [2.45, 2.75) is 13.8 Å². The summed E-state index contributed by atoms with van der Waals surface area (Å²) < 4.78 is 0. The first kappa shape index (κ1) is 27.7. The molecule has 2 heteroatoms. The highest BCUT2D eigenvalue weighted by Gasteiger charge is 2.16. The van der Waals surface area contributed by atoms with Crippen LogP contribution in [0.25, 0.3) is 77.7 Å². The van der Waals surface area contributed by atoms with Gasteiger partial charge in [-0.2, -0.15) is 0 Å². The molecule has 0 radical (unpaired) electrons. The Kier molecular flexibility index (Phi) is 6.96. The Morgan fingerprint density at radius 3 is 1.26 bits per heavy atom. The molecule has 2 nitrogen and oxygen atoms in total. The molecule has 0 saturated heterocycles. The lowest BCUT2D eigenvalue weighted by atomic mass is 9.86. The molecule has 0 unspecified atom stereocenters. The third kappa shape index (κ3) is 5.25. The van der Waals surface area contributed by atoms with Crippen molar-refractivity contribution >= 4 is 21.8 Å². The summed E-state index contributed by atoms with van der Waals surface area (Å²) >= 11 is 0. The van der Waals surface area contributed by atoms with Crippen molar-refractivity contribution in [3.05, 3.63) is 169 Å². The van der Waals surface area contributed by atoms with E-state index in [0.29, 0.717) is 0 Å². The maximum atomic E-state index is 4.93. The molecular weight excluding hydrogens is 556 g/mol. The van der Waals surface area contributed by atoms with E-state index in [1.165, 1.54) is 44.5 Å². The van der Waals surface area contributed by atoms with E-state index in [-0.39, 0.29) is 0 Å². The summed E-state index contributed by atoms with van der Waals surface area (Å²) in [6.45, 7) is 4.35. The van der Waals surface area contributed by atoms with E-state index in [1.54, 1.807) is 0 Å². The van der Waals surface area contributed by atoms with Crippen LogP contribution in [0.1, 0.15) is 11.1 Å². The van der Waals surface area contributed by atoms with Gasteiger partial charge in [0.05, 0.1) is 22.4 Å². The zero-order chi connectivity index (χ0) is 31.0. The van der Waals surface area contributed by atoms with Crippen molar-refractivity contribution in [1.82, 2.24) is 9.97 Å². The van der Waals surface area contributed by atoms with Crippen LogP contribution in [0.5, 0.6) is 0 Å². The van der Waals surface area contributed by atoms with Crippen molar-refractivity contribution < 1.29 is 0 Å². The average Bonchev–Trinajstić information content (AvgIpc) is 3.10. The summed E-state index contributed by atoms with van der Waals surface area (Å²) in [5.41, 5.74) is 15.9. The van der Waals surface area contributed by atoms with Gasteiger partial charge in [0.25, 0.3) is 0 Å². The minimum atomic E-state index is 0.981. The van der Waals surface area contributed by atoms with Gasteiger partial charge in [0.15, 0.2) is 0 Å². The zero-order valence-corrected chi connectivity index (χ0v) is 25.9. The predicted octanol–water partition coefficient (Wildman–Crippen LogP) is 11.7. The van der Waals surface area contributed by atoms with Crippen LogP contribution in [0, 0.1) is 13.8 Å². The zero-order valence-electron chi connectivity index (χ0n) is 25.9. The lowest BCUT2D eigenvalue weighted by Crippen LogP contribution is -1.93. The minimum Gasteiger partial charge on any atom is -0.248 e. The number of hydrogen-bond acceptors (Lipinski definition) is 2. The van der Waals surface area contributed by atoms with Crippen LogP contribution >= 0.6 is 0 Å². The monoisotopic (exact) mass is 588 g/mol. The Morgan fingerprint density at radius 1 is 0.348 bits per heavy atom. The van der Waals surface area contributed by atoms with Gasteiger partial charge >= 0.3 is 0 Å². The fraction of sp³-hybridized carbons (Fsp3) is 0.0455. The maximum absolute atomic E-state index is 4.93. The van der Waals surface area contributed by atoms with Crippen LogP contribution in [0.3, 0.4) is 0 Å². The number of pyridine rings is 2. The SMILES string of the molecule is Cc1cc(C)cc(-c2c(-c3ccc(-c4ccc5ccccc5n4)cc3)cccc2-c2ccc(-c3ccc4ccccc4n3)cc2)c1. The third-order valence-corrected chi connectivity index (χ3v) is 8.75. The molecule has 8 aromatic rings. The van der Waals surface area contributed by atoms with Gasteiger partial charge in [0, 0.05) is 21.9 Å². The Labute approximate surface area is 269 Å². The number of aromatic nitrogens is 2. The molecule has 0 aliphatic carbocycles. The van der Waals surface area contributed by atoms with E-state index in [4.69, 9.17) is 9.97 Å². The van der Waals surface area contributed by atoms with Gasteiger partial charge < -0.3 is 0 Å². The first-order valence-electron chi connectivity index (χ1n) is 15.7. The third-order valence-electron chi connectivity index (χ3n) is 8.75. The standard InChI is InChI=1S/C44H32N2/c1-29-26-30(2)28-37(27-29)44-38(31-14-18-35(19-15-31)42-24-22-33-8-3-5-12-40(33)45-42)10-7-11-39(44)32-16-20-36(21-17-32)43-25-23-34-9-4-6-13-41(34)46-43/h3-28H,1-2H3. The normalized spacial score (nSPS) is 11.3. The fourth-order valence-electron chi connectivity index (χ4n) is 6.56. The highest BCUT2D eigenvalue weighted by atomic mass is 14.7. The molecule has 8 rings (SSSR count). The average molecular weight is 589 g/mol. The predicted molar refractivity (Wildman–Crippen MR) is 194 cm³/mol. The van der Waals surface area contributed by atoms with Gasteiger partial charge in [-0.3, -0.25) is 0 Å². The van der Waals surface area contributed by atoms with Crippen LogP contribution < -0.4 is 0 Å². The summed E-state index contributed by atoms with van der Waals surface area (Å²) in [4.78, 5) is 9.85. The second-order valence-corrected chi connectivity index (χ2v) is 12.0. The van der Waals surface area contributed by atoms with Crippen molar-refractivity contribution in [1.29, 1.82) is 0 Å². The molecule has 0 aliphatic rings. The van der Waals surface area contributed by atoms with Crippen molar-refractivity contribution in [2.75, 3.05) is 0 Å². The second kappa shape index (κ2) is 11.6. The molecule has 6 aromatic carbocycles. The van der Waals surface area contributed by atoms with Gasteiger partial charge in [-0.15, -0.1) is 0 Å². The van der Waals surface area contributed by atoms with E-state index in [1.807, 2.05) is 12.1 Å². The van der Waals surface area contributed by atoms with Crippen LogP contribution in [0.4, 0.5) is 0 Å². The number of aryl methyl sites for hydroxylation is 2. The van der Waals surface area contributed by atoms with Gasteiger partial charge in [-0.1, -0.05) is 145 Å². The van der Waals surface area contributed by atoms with E-state index < -0.39 is 0 Å². The number of para-hydroxylation sites is 2. The van der Waals surface area contributed by atoms with Gasteiger partial charge in [0.2, 0.25) is 0 Å². The number of nitrogens with zero attached hydrogens (tertiary/aromatic N) is 2. The molecule has 46 heavy (non-hydrogen) atoms. The van der Waals surface area contributed by atoms with E-state index in [0.717, 1.165) is 44.3 Å². The lowest BCUT2D eigenvalue weighted by Gasteiger charge is -2.18. The van der Waals surface area contributed by atoms with Crippen LogP contribution in [-0.4, -0.2) is 9.97 Å². The molecule has 0 spiro atoms. The highest BCUT2D eigenvalue weighted by Crippen LogP contribution is 2.41. The fourth-order valence-corrected chi connectivity index (χ4v) is 6.56. The molecule has 218 valence electrons. The second-order valence-electron chi connectivity index (χ2n) is 12.0. The number of rotatable bonds is 5. The van der Waals surface area contributed by atoms with Crippen LogP contribution in [0.2, 0.25) is 0 Å². The first-order valence-corrected chi connectivity index (χ1v) is 15.7. The van der Waals surface area contributed by atoms with Crippen molar-refractivity contribution in [3.63, 3.8) is 0 Å². The molecule has 0 amide bonds. The van der Waals surface area contributed by atoms with Gasteiger partial charge in [-0.25, -0.2) is 9.97 Å². The summed E-state index contributed by atoms with van der Waals surface area (Å²) in [5.74, 6) is 0. The number of fused-ring (bicyclic) bond motifs is 2. The molecule has 0 saturated carbocycles. The minimum absolute atomic E-state index is 0.981. The molecule has 0 atom stereocenters. The Balaban J connectivity index is 1.22. The van der Waals surface area contributed by atoms with Crippen molar-refractivity contribution in [3.8, 4) is 55.9 Å². The molecule has 0 bridgehead atoms. The molecular formula is C44H32N2. The Bertz CT molecular complexity index is 2210. The van der Waals surface area contributed by atoms with E-state index >= 15 is 0 Å². The summed E-state index contributed by atoms with van der Waals surface area (Å²) in [5, 5.41) is 2.30. The first-order chi connectivity index (χ1) is 22.6. The largest absolute Gasteiger partial charge is 0.248 e. The summed E-state index contributed by atoms with van der Waals surface area (Å²) in [7, 11) is 0. The number of benzene rings is 6. The van der Waals surface area contributed by atoms with Gasteiger partial charge in [0.1, 0.15) is 0 Å². The topological polar surface area (TPSA) is 25.8 Å². The molecule has 2 aromatic heterocycles. The molecule has 0 aliphatic heterocycles. The van der Waals surface area contributed by atoms with Crippen molar-refractivity contribution in [2.24, 2.45) is 0 Å². The molecule has 0 N–H and O–H groups in total. The summed E-state index contributed by atoms with van der Waals surface area (Å²) in [6, 6.07) is 56.2. The van der Waals surface area contributed by atoms with Crippen LogP contribution in [0.15, 0.2) is 158 Å². The van der Waals surface area contributed by atoms with E-state index in [9.17, 15) is 0 Å². The Morgan fingerprint density at radius 2 is 0.783 bits per heavy atom. The maximum Gasteiger partial charge on any atom is 0.0709 e. The highest BCUT2D eigenvalue weighted by molar-refractivity contribution is 5.95. The van der Waals surface area contributed by atoms with Gasteiger partial charge in [-0.05, 0) is 71.5 Å². The molecule has 0 fully saturated rings. The number of hydrogen-bond donors (Lipinski definition) is 0. The van der Waals surface area contributed by atoms with E-state index in [2.05, 4.69) is 159 Å². The Hall–Kier alpha value is -5.86. The quantitative estimate of drug-likeness (QED) is 0.200. The smallest absolute Gasteiger partial charge is 0.0709 e. The van der Waals surface area contributed by atoms with Crippen LogP contribution in [-0.2, 0) is 0 Å². The lowest BCUT2D eigenvalue weighted by molar-refractivity contribution is 1.38.